The summed E-state index contributed by atoms with van der Waals surface area (Å²) in [6, 6.07) is 2.40. The van der Waals surface area contributed by atoms with E-state index in [0.717, 1.165) is 12.1 Å². The van der Waals surface area contributed by atoms with Crippen LogP contribution in [0.1, 0.15) is 21.5 Å². The van der Waals surface area contributed by atoms with Crippen LogP contribution in [0, 0.1) is 11.8 Å². The van der Waals surface area contributed by atoms with Crippen molar-refractivity contribution in [1.29, 1.82) is 0 Å². The lowest BCUT2D eigenvalue weighted by atomic mass is 10.0. The quantitative estimate of drug-likeness (QED) is 0.605. The van der Waals surface area contributed by atoms with Gasteiger partial charge in [0.1, 0.15) is 0 Å². The molecule has 17 heavy (non-hydrogen) atoms. The summed E-state index contributed by atoms with van der Waals surface area (Å²) in [5, 5.41) is 8.58. The molecule has 0 saturated heterocycles. The fraction of sp³-hybridized carbons (Fsp3) is 0.0909. The van der Waals surface area contributed by atoms with Gasteiger partial charge in [-0.3, -0.25) is 4.79 Å². The highest BCUT2D eigenvalue weighted by atomic mass is 19.4. The summed E-state index contributed by atoms with van der Waals surface area (Å²) < 4.78 is 37.7. The van der Waals surface area contributed by atoms with Gasteiger partial charge in [-0.05, 0) is 24.1 Å². The number of hydrogen-bond acceptors (Lipinski definition) is 2. The van der Waals surface area contributed by atoms with Crippen LogP contribution in [0.5, 0.6) is 0 Å². The summed E-state index contributed by atoms with van der Waals surface area (Å²) >= 11 is 0. The minimum Gasteiger partial charge on any atom is -0.478 e. The Labute approximate surface area is 93.9 Å². The van der Waals surface area contributed by atoms with Gasteiger partial charge in [0.2, 0.25) is 0 Å². The molecule has 0 spiro atoms. The number of carboxylic acids is 1. The highest BCUT2D eigenvalue weighted by Gasteiger charge is 2.33. The van der Waals surface area contributed by atoms with Gasteiger partial charge in [-0.2, -0.15) is 13.2 Å². The lowest BCUT2D eigenvalue weighted by molar-refractivity contribution is -0.137. The Bertz CT molecular complexity index is 521. The van der Waals surface area contributed by atoms with E-state index in [1.807, 2.05) is 11.8 Å². The topological polar surface area (TPSA) is 54.4 Å². The molecule has 1 aromatic carbocycles. The number of aldehydes is 1. The second-order valence-electron chi connectivity index (χ2n) is 2.95. The van der Waals surface area contributed by atoms with E-state index in [2.05, 4.69) is 0 Å². The monoisotopic (exact) mass is 242 g/mol. The first-order chi connectivity index (χ1) is 7.86. The fourth-order valence-corrected chi connectivity index (χ4v) is 1.13. The minimum absolute atomic E-state index is 0.158. The van der Waals surface area contributed by atoms with Crippen LogP contribution in [0.25, 0.3) is 0 Å². The highest BCUT2D eigenvalue weighted by Crippen LogP contribution is 2.32. The lowest BCUT2D eigenvalue weighted by Gasteiger charge is -2.09. The summed E-state index contributed by atoms with van der Waals surface area (Å²) in [6.45, 7) is 0. The first-order valence-electron chi connectivity index (χ1n) is 4.26. The molecule has 0 aliphatic carbocycles. The van der Waals surface area contributed by atoms with E-state index in [9.17, 15) is 22.8 Å². The summed E-state index contributed by atoms with van der Waals surface area (Å²) in [5.74, 6) is 2.39. The number of benzene rings is 1. The number of hydrogen-bond donors (Lipinski definition) is 1. The molecule has 0 aliphatic heterocycles. The predicted octanol–water partition coefficient (Wildman–Crippen LogP) is 1.95. The number of aromatic carboxylic acids is 1. The van der Waals surface area contributed by atoms with Gasteiger partial charge < -0.3 is 5.11 Å². The number of halogens is 3. The number of alkyl halides is 3. The molecule has 1 N–H and O–H groups in total. The van der Waals surface area contributed by atoms with Crippen LogP contribution in [-0.2, 0) is 11.0 Å². The van der Waals surface area contributed by atoms with E-state index >= 15 is 0 Å². The smallest absolute Gasteiger partial charge is 0.417 e. The Balaban J connectivity index is 3.42. The molecule has 0 atom stereocenters. The third kappa shape index (κ3) is 3.08. The van der Waals surface area contributed by atoms with Crippen molar-refractivity contribution in [3.05, 3.63) is 34.9 Å². The van der Waals surface area contributed by atoms with E-state index in [1.165, 1.54) is 0 Å². The average Bonchev–Trinajstić information content (AvgIpc) is 2.24. The van der Waals surface area contributed by atoms with Crippen molar-refractivity contribution in [3.8, 4) is 11.8 Å². The van der Waals surface area contributed by atoms with E-state index in [0.29, 0.717) is 6.07 Å². The number of rotatable bonds is 1. The van der Waals surface area contributed by atoms with Crippen LogP contribution < -0.4 is 0 Å². The van der Waals surface area contributed by atoms with E-state index in [-0.39, 0.29) is 6.29 Å². The Morgan fingerprint density at radius 1 is 1.35 bits per heavy atom. The summed E-state index contributed by atoms with van der Waals surface area (Å²) in [7, 11) is 0. The molecule has 0 bridgehead atoms. The Kier molecular flexibility index (Phi) is 3.53. The van der Waals surface area contributed by atoms with Gasteiger partial charge in [0, 0.05) is 5.56 Å². The van der Waals surface area contributed by atoms with Gasteiger partial charge in [0.25, 0.3) is 0 Å². The zero-order chi connectivity index (χ0) is 13.1. The average molecular weight is 242 g/mol. The maximum Gasteiger partial charge on any atom is 0.417 e. The van der Waals surface area contributed by atoms with Gasteiger partial charge in [-0.1, -0.05) is 5.92 Å². The maximum absolute atomic E-state index is 12.6. The maximum atomic E-state index is 12.6. The van der Waals surface area contributed by atoms with Crippen molar-refractivity contribution >= 4 is 12.3 Å². The van der Waals surface area contributed by atoms with Crippen LogP contribution in [0.4, 0.5) is 13.2 Å². The first-order valence-corrected chi connectivity index (χ1v) is 4.26. The van der Waals surface area contributed by atoms with E-state index in [4.69, 9.17) is 5.11 Å². The van der Waals surface area contributed by atoms with E-state index in [1.54, 1.807) is 0 Å². The normalized spacial score (nSPS) is 10.3. The van der Waals surface area contributed by atoms with Crippen LogP contribution in [0.2, 0.25) is 0 Å². The summed E-state index contributed by atoms with van der Waals surface area (Å²) in [4.78, 5) is 20.5. The van der Waals surface area contributed by atoms with Crippen LogP contribution >= 0.6 is 0 Å². The van der Waals surface area contributed by atoms with Gasteiger partial charge in [-0.15, -0.1) is 0 Å². The molecule has 0 fully saturated rings. The van der Waals surface area contributed by atoms with Crippen molar-refractivity contribution in [2.24, 2.45) is 0 Å². The standard InChI is InChI=1S/C11H5F3O3/c12-11(13,14)9-6-8(10(16)17)4-3-7(9)2-1-5-15/h3-6H,(H,16,17). The summed E-state index contributed by atoms with van der Waals surface area (Å²) in [5.41, 5.74) is -2.10. The summed E-state index contributed by atoms with van der Waals surface area (Å²) in [6.07, 6.45) is -4.57. The molecule has 88 valence electrons. The third-order valence-corrected chi connectivity index (χ3v) is 1.84. The Morgan fingerprint density at radius 2 is 2.00 bits per heavy atom. The molecule has 0 unspecified atom stereocenters. The Hall–Kier alpha value is -2.29. The molecule has 6 heteroatoms. The molecule has 0 aliphatic rings. The number of carboxylic acid groups (broad SMARTS) is 1. The van der Waals surface area contributed by atoms with Crippen LogP contribution in [-0.4, -0.2) is 17.4 Å². The molecule has 0 amide bonds. The van der Waals surface area contributed by atoms with Crippen molar-refractivity contribution in [2.45, 2.75) is 6.18 Å². The molecule has 0 heterocycles. The van der Waals surface area contributed by atoms with Crippen molar-refractivity contribution in [1.82, 2.24) is 0 Å². The SMILES string of the molecule is O=CC#Cc1ccc(C(=O)O)cc1C(F)(F)F. The zero-order valence-electron chi connectivity index (χ0n) is 8.21. The third-order valence-electron chi connectivity index (χ3n) is 1.84. The molecule has 1 aromatic rings. The van der Waals surface area contributed by atoms with Gasteiger partial charge in [0.05, 0.1) is 11.1 Å². The molecule has 1 rings (SSSR count). The minimum atomic E-state index is -4.72. The van der Waals surface area contributed by atoms with Crippen molar-refractivity contribution in [3.63, 3.8) is 0 Å². The molecule has 0 saturated carbocycles. The molecule has 0 radical (unpaired) electrons. The zero-order valence-corrected chi connectivity index (χ0v) is 8.21. The number of carbonyl (C=O) groups excluding carboxylic acids is 1. The predicted molar refractivity (Wildman–Crippen MR) is 51.3 cm³/mol. The van der Waals surface area contributed by atoms with Crippen LogP contribution in [0.3, 0.4) is 0 Å². The van der Waals surface area contributed by atoms with Crippen molar-refractivity contribution in [2.75, 3.05) is 0 Å². The molecular formula is C11H5F3O3. The largest absolute Gasteiger partial charge is 0.478 e. The lowest BCUT2D eigenvalue weighted by Crippen LogP contribution is -2.10. The van der Waals surface area contributed by atoms with E-state index < -0.39 is 28.8 Å². The molecule has 0 aromatic heterocycles. The van der Waals surface area contributed by atoms with Crippen molar-refractivity contribution < 1.29 is 27.9 Å². The molecular weight excluding hydrogens is 237 g/mol. The van der Waals surface area contributed by atoms with Crippen LogP contribution in [0.15, 0.2) is 18.2 Å². The highest BCUT2D eigenvalue weighted by molar-refractivity contribution is 5.88. The van der Waals surface area contributed by atoms with Gasteiger partial charge >= 0.3 is 12.1 Å². The Morgan fingerprint density at radius 3 is 2.47 bits per heavy atom. The fourth-order valence-electron chi connectivity index (χ4n) is 1.13. The first kappa shape index (κ1) is 12.8. The van der Waals surface area contributed by atoms with Gasteiger partial charge in [0.15, 0.2) is 6.29 Å². The molecule has 3 nitrogen and oxygen atoms in total. The second kappa shape index (κ2) is 4.70. The second-order valence-corrected chi connectivity index (χ2v) is 2.95. The number of carbonyl (C=O) groups is 2. The van der Waals surface area contributed by atoms with Gasteiger partial charge in [-0.25, -0.2) is 4.79 Å².